The molecule has 0 unspecified atom stereocenters. The SMILES string of the molecule is Cc1cc2cn(C)nc2cc1-c1ccc(C(=O)Nc2c(F)cccc2F)s1.Cc1cc2cn(C)nc2cc1B1OC(C)(C)C(C)(C)O1.O=C(Nc1c(F)cccc1F)c1ccc(Br)s1. The highest BCUT2D eigenvalue weighted by molar-refractivity contribution is 9.11. The Kier molecular flexibility index (Phi) is 13.4. The van der Waals surface area contributed by atoms with Crippen molar-refractivity contribution < 1.29 is 36.5 Å². The van der Waals surface area contributed by atoms with Gasteiger partial charge in [0.05, 0.1) is 35.8 Å². The Morgan fingerprint density at radius 3 is 1.59 bits per heavy atom. The summed E-state index contributed by atoms with van der Waals surface area (Å²) in [4.78, 5) is 25.7. The van der Waals surface area contributed by atoms with Gasteiger partial charge in [-0.25, -0.2) is 17.6 Å². The lowest BCUT2D eigenvalue weighted by Crippen LogP contribution is -2.41. The third-order valence-corrected chi connectivity index (χ3v) is 13.5. The average Bonchev–Trinajstić information content (AvgIpc) is 4.05. The van der Waals surface area contributed by atoms with Gasteiger partial charge in [0.2, 0.25) is 0 Å². The maximum atomic E-state index is 13.7. The van der Waals surface area contributed by atoms with E-state index in [-0.39, 0.29) is 18.3 Å². The number of aromatic nitrogens is 4. The first kappa shape index (κ1) is 46.3. The summed E-state index contributed by atoms with van der Waals surface area (Å²) >= 11 is 5.65. The molecule has 0 aliphatic carbocycles. The number of nitrogens with one attached hydrogen (secondary N) is 2. The fraction of sp³-hybridized carbons (Fsp3) is 0.217. The van der Waals surface area contributed by atoms with Crippen molar-refractivity contribution in [2.24, 2.45) is 14.1 Å². The number of fused-ring (bicyclic) bond motifs is 2. The molecule has 1 aliphatic rings. The predicted molar refractivity (Wildman–Crippen MR) is 251 cm³/mol. The molecular formula is C46H42BBrF4N6O4S2. The van der Waals surface area contributed by atoms with E-state index in [1.54, 1.807) is 22.9 Å². The normalized spacial score (nSPS) is 13.9. The van der Waals surface area contributed by atoms with E-state index in [2.05, 4.69) is 83.5 Å². The quantitative estimate of drug-likeness (QED) is 0.127. The molecular weight excluding hydrogens is 931 g/mol. The number of carbonyl (C=O) groups is 2. The molecule has 0 atom stereocenters. The summed E-state index contributed by atoms with van der Waals surface area (Å²) in [6.07, 6.45) is 3.97. The second-order valence-corrected chi connectivity index (χ2v) is 19.6. The van der Waals surface area contributed by atoms with Crippen LogP contribution in [0, 0.1) is 37.1 Å². The van der Waals surface area contributed by atoms with Gasteiger partial charge in [-0.15, -0.1) is 22.7 Å². The van der Waals surface area contributed by atoms with Crippen LogP contribution in [0.5, 0.6) is 0 Å². The largest absolute Gasteiger partial charge is 0.495 e. The molecule has 4 aromatic carbocycles. The summed E-state index contributed by atoms with van der Waals surface area (Å²) < 4.78 is 70.6. The highest BCUT2D eigenvalue weighted by Crippen LogP contribution is 2.37. The van der Waals surface area contributed by atoms with Gasteiger partial charge in [-0.3, -0.25) is 19.0 Å². The minimum atomic E-state index is -0.809. The zero-order valence-electron chi connectivity index (χ0n) is 35.9. The molecule has 0 saturated carbocycles. The number of thiophene rings is 2. The number of halogens is 5. The van der Waals surface area contributed by atoms with E-state index in [0.717, 1.165) is 71.3 Å². The topological polar surface area (TPSA) is 112 Å². The zero-order chi connectivity index (χ0) is 46.2. The number of nitrogens with zero attached hydrogens (tertiary/aromatic N) is 4. The van der Waals surface area contributed by atoms with Crippen LogP contribution in [0.1, 0.15) is 58.2 Å². The van der Waals surface area contributed by atoms with Crippen molar-refractivity contribution in [3.05, 3.63) is 145 Å². The minimum Gasteiger partial charge on any atom is -0.399 e. The lowest BCUT2D eigenvalue weighted by Gasteiger charge is -2.32. The second-order valence-electron chi connectivity index (χ2n) is 16.1. The van der Waals surface area contributed by atoms with Crippen molar-refractivity contribution in [3.8, 4) is 10.4 Å². The number of hydrogen-bond donors (Lipinski definition) is 2. The Morgan fingerprint density at radius 2 is 1.11 bits per heavy atom. The van der Waals surface area contributed by atoms with Gasteiger partial charge in [0.25, 0.3) is 11.8 Å². The van der Waals surface area contributed by atoms with E-state index in [1.807, 2.05) is 56.3 Å². The summed E-state index contributed by atoms with van der Waals surface area (Å²) in [5, 5.41) is 15.6. The van der Waals surface area contributed by atoms with Gasteiger partial charge in [0.1, 0.15) is 34.6 Å². The Balaban J connectivity index is 0.000000148. The number of carbonyl (C=O) groups excluding carboxylic acids is 2. The first-order valence-corrected chi connectivity index (χ1v) is 22.2. The van der Waals surface area contributed by atoms with Gasteiger partial charge in [-0.1, -0.05) is 17.7 Å². The number of amides is 2. The average molecular weight is 974 g/mol. The third-order valence-electron chi connectivity index (χ3n) is 10.8. The summed E-state index contributed by atoms with van der Waals surface area (Å²) in [6.45, 7) is 12.4. The predicted octanol–water partition coefficient (Wildman–Crippen LogP) is 11.4. The molecule has 0 bridgehead atoms. The number of rotatable bonds is 6. The summed E-state index contributed by atoms with van der Waals surface area (Å²) in [5.41, 5.74) is 4.61. The molecule has 2 N–H and O–H groups in total. The summed E-state index contributed by atoms with van der Waals surface area (Å²) in [7, 11) is 3.47. The van der Waals surface area contributed by atoms with E-state index in [4.69, 9.17) is 9.31 Å². The lowest BCUT2D eigenvalue weighted by atomic mass is 9.76. The van der Waals surface area contributed by atoms with Crippen molar-refractivity contribution in [3.63, 3.8) is 0 Å². The molecule has 2 amide bonds. The number of benzene rings is 4. The van der Waals surface area contributed by atoms with Crippen LogP contribution in [-0.4, -0.2) is 49.7 Å². The first-order chi connectivity index (χ1) is 30.2. The minimum absolute atomic E-state index is 0.316. The molecule has 8 aromatic rings. The van der Waals surface area contributed by atoms with Crippen LogP contribution in [0.2, 0.25) is 0 Å². The molecule has 10 nitrogen and oxygen atoms in total. The van der Waals surface area contributed by atoms with Crippen LogP contribution >= 0.6 is 38.6 Å². The van der Waals surface area contributed by atoms with E-state index in [1.165, 1.54) is 40.4 Å². The van der Waals surface area contributed by atoms with Crippen LogP contribution in [0.25, 0.3) is 32.2 Å². The van der Waals surface area contributed by atoms with E-state index in [0.29, 0.717) is 9.75 Å². The summed E-state index contributed by atoms with van der Waals surface area (Å²) in [6, 6.07) is 21.9. The monoisotopic (exact) mass is 972 g/mol. The molecule has 1 fully saturated rings. The van der Waals surface area contributed by atoms with Gasteiger partial charge in [-0.2, -0.15) is 10.2 Å². The van der Waals surface area contributed by atoms with E-state index in [9.17, 15) is 27.2 Å². The molecule has 9 rings (SSSR count). The fourth-order valence-corrected chi connectivity index (χ4v) is 9.01. The molecule has 5 heterocycles. The number of aryl methyl sites for hydroxylation is 4. The standard InChI is InChI=1S/C20H15F2N3OS.C15H21BN2O2.C11H6BrF2NOS/c1-11-8-12-10-25(2)24-16(12)9-13(11)17-6-7-18(27-17)20(26)23-19-14(21)4-3-5-15(19)22;1-10-7-11-9-18(6)17-13(11)8-12(10)16-19-14(2,3)15(4,5)20-16;12-9-5-4-8(17-9)11(16)15-10-6(13)2-1-3-7(10)14/h3-10H,1-2H3,(H,23,26);7-9H,1-6H3;1-5H,(H,15,16). The maximum Gasteiger partial charge on any atom is 0.495 e. The Bertz CT molecular complexity index is 3000. The van der Waals surface area contributed by atoms with Gasteiger partial charge >= 0.3 is 7.12 Å². The highest BCUT2D eigenvalue weighted by atomic mass is 79.9. The van der Waals surface area contributed by atoms with Crippen molar-refractivity contribution in [2.75, 3.05) is 10.6 Å². The molecule has 1 saturated heterocycles. The molecule has 4 aromatic heterocycles. The molecule has 330 valence electrons. The van der Waals surface area contributed by atoms with Crippen LogP contribution in [0.15, 0.2) is 101 Å². The van der Waals surface area contributed by atoms with Gasteiger partial charge in [-0.05, 0) is 147 Å². The molecule has 18 heteroatoms. The number of hydrogen-bond acceptors (Lipinski definition) is 8. The molecule has 64 heavy (non-hydrogen) atoms. The van der Waals surface area contributed by atoms with Gasteiger partial charge < -0.3 is 19.9 Å². The molecule has 0 spiro atoms. The highest BCUT2D eigenvalue weighted by Gasteiger charge is 2.52. The summed E-state index contributed by atoms with van der Waals surface area (Å²) in [5.74, 6) is -4.30. The smallest absolute Gasteiger partial charge is 0.399 e. The number of anilines is 2. The second kappa shape index (κ2) is 18.4. The van der Waals surface area contributed by atoms with Gasteiger partial charge in [0, 0.05) is 42.1 Å². The van der Waals surface area contributed by atoms with Crippen LogP contribution in [0.3, 0.4) is 0 Å². The number of para-hydroxylation sites is 2. The van der Waals surface area contributed by atoms with Crippen molar-refractivity contribution in [1.29, 1.82) is 0 Å². The van der Waals surface area contributed by atoms with Crippen LogP contribution in [0.4, 0.5) is 28.9 Å². The Hall–Kier alpha value is -5.66. The zero-order valence-corrected chi connectivity index (χ0v) is 39.2. The van der Waals surface area contributed by atoms with Gasteiger partial charge in [0.15, 0.2) is 0 Å². The maximum absolute atomic E-state index is 13.7. The molecule has 1 aliphatic heterocycles. The van der Waals surface area contributed by atoms with Crippen molar-refractivity contribution >= 4 is 96.2 Å². The van der Waals surface area contributed by atoms with Crippen molar-refractivity contribution in [1.82, 2.24) is 19.6 Å². The third kappa shape index (κ3) is 10.0. The Labute approximate surface area is 383 Å². The van der Waals surface area contributed by atoms with Crippen LogP contribution < -0.4 is 16.1 Å². The lowest BCUT2D eigenvalue weighted by molar-refractivity contribution is 0.00578. The van der Waals surface area contributed by atoms with E-state index >= 15 is 0 Å². The van der Waals surface area contributed by atoms with E-state index < -0.39 is 46.5 Å². The van der Waals surface area contributed by atoms with Crippen LogP contribution in [-0.2, 0) is 23.4 Å². The Morgan fingerprint density at radius 1 is 0.656 bits per heavy atom. The molecule has 0 radical (unpaired) electrons. The first-order valence-electron chi connectivity index (χ1n) is 19.8. The fourth-order valence-electron chi connectivity index (χ4n) is 6.75. The van der Waals surface area contributed by atoms with Crippen molar-refractivity contribution in [2.45, 2.75) is 52.7 Å².